The third kappa shape index (κ3) is 1.55. The predicted octanol–water partition coefficient (Wildman–Crippen LogP) is 1.47. The zero-order valence-corrected chi connectivity index (χ0v) is 11.6. The molecule has 3 rings (SSSR count). The molecule has 0 bridgehead atoms. The van der Waals surface area contributed by atoms with Gasteiger partial charge in [0.1, 0.15) is 6.10 Å². The van der Waals surface area contributed by atoms with Crippen molar-refractivity contribution in [3.63, 3.8) is 0 Å². The van der Waals surface area contributed by atoms with Crippen LogP contribution in [0.2, 0.25) is 0 Å². The number of hydrogen-bond donors (Lipinski definition) is 1. The molecule has 104 valence electrons. The molecule has 3 aliphatic rings. The highest BCUT2D eigenvalue weighted by Crippen LogP contribution is 2.56. The second-order valence-electron chi connectivity index (χ2n) is 6.71. The number of carbonyl (C=O) groups is 2. The van der Waals surface area contributed by atoms with Crippen LogP contribution in [0.4, 0.5) is 0 Å². The third-order valence-corrected chi connectivity index (χ3v) is 5.46. The van der Waals surface area contributed by atoms with E-state index in [4.69, 9.17) is 4.74 Å². The predicted molar refractivity (Wildman–Crippen MR) is 68.1 cm³/mol. The largest absolute Gasteiger partial charge is 0.461 e. The summed E-state index contributed by atoms with van der Waals surface area (Å²) in [5.41, 5.74) is -1.72. The van der Waals surface area contributed by atoms with E-state index >= 15 is 0 Å². The fourth-order valence-corrected chi connectivity index (χ4v) is 4.29. The second-order valence-corrected chi connectivity index (χ2v) is 6.71. The molecule has 1 saturated heterocycles. The molecule has 0 unspecified atom stereocenters. The van der Waals surface area contributed by atoms with Gasteiger partial charge >= 0.3 is 5.97 Å². The van der Waals surface area contributed by atoms with Crippen LogP contribution < -0.4 is 0 Å². The molecule has 0 radical (unpaired) electrons. The number of ether oxygens (including phenoxy) is 1. The fraction of sp³-hybridized carbons (Fsp3) is 0.733. The SMILES string of the molecule is C[C@@H]1C(=O)O[C@H]2[C@H]1CC[C@@]1(C)C(=O)C=C[C@](C)(O)[C@@H]21. The van der Waals surface area contributed by atoms with Crippen molar-refractivity contribution in [2.45, 2.75) is 45.3 Å². The van der Waals surface area contributed by atoms with Crippen molar-refractivity contribution in [2.75, 3.05) is 0 Å². The molecular weight excluding hydrogens is 244 g/mol. The van der Waals surface area contributed by atoms with Crippen molar-refractivity contribution in [1.29, 1.82) is 0 Å². The van der Waals surface area contributed by atoms with Gasteiger partial charge in [0, 0.05) is 17.3 Å². The summed E-state index contributed by atoms with van der Waals surface area (Å²) < 4.78 is 5.51. The first-order chi connectivity index (χ1) is 8.77. The number of aliphatic hydroxyl groups is 1. The quantitative estimate of drug-likeness (QED) is 0.673. The summed E-state index contributed by atoms with van der Waals surface area (Å²) in [6.45, 7) is 5.48. The van der Waals surface area contributed by atoms with Gasteiger partial charge in [0.2, 0.25) is 0 Å². The number of esters is 1. The Morgan fingerprint density at radius 2 is 2.05 bits per heavy atom. The Balaban J connectivity index is 2.07. The van der Waals surface area contributed by atoms with Crippen molar-refractivity contribution >= 4 is 11.8 Å². The van der Waals surface area contributed by atoms with Crippen LogP contribution in [-0.4, -0.2) is 28.6 Å². The highest BCUT2D eigenvalue weighted by molar-refractivity contribution is 5.96. The number of allylic oxidation sites excluding steroid dienone is 1. The molecule has 0 spiro atoms. The fourth-order valence-electron chi connectivity index (χ4n) is 4.29. The Hall–Kier alpha value is -1.16. The number of fused-ring (bicyclic) bond motifs is 3. The van der Waals surface area contributed by atoms with E-state index in [-0.39, 0.29) is 35.6 Å². The van der Waals surface area contributed by atoms with Crippen LogP contribution in [0.15, 0.2) is 12.2 Å². The Morgan fingerprint density at radius 3 is 2.74 bits per heavy atom. The molecule has 0 aromatic rings. The minimum Gasteiger partial charge on any atom is -0.461 e. The Bertz CT molecular complexity index is 479. The lowest BCUT2D eigenvalue weighted by atomic mass is 9.53. The second kappa shape index (κ2) is 3.69. The van der Waals surface area contributed by atoms with Crippen molar-refractivity contribution in [3.05, 3.63) is 12.2 Å². The first-order valence-corrected chi connectivity index (χ1v) is 6.94. The van der Waals surface area contributed by atoms with Gasteiger partial charge in [0.05, 0.1) is 11.5 Å². The topological polar surface area (TPSA) is 63.6 Å². The van der Waals surface area contributed by atoms with Gasteiger partial charge in [-0.25, -0.2) is 0 Å². The Morgan fingerprint density at radius 1 is 1.37 bits per heavy atom. The van der Waals surface area contributed by atoms with Gasteiger partial charge in [-0.2, -0.15) is 0 Å². The molecular formula is C15H20O4. The first kappa shape index (κ1) is 12.9. The summed E-state index contributed by atoms with van der Waals surface area (Å²) in [5.74, 6) is -0.511. The summed E-state index contributed by atoms with van der Waals surface area (Å²) in [7, 11) is 0. The van der Waals surface area contributed by atoms with E-state index in [1.165, 1.54) is 6.08 Å². The molecule has 1 saturated carbocycles. The van der Waals surface area contributed by atoms with Crippen molar-refractivity contribution in [3.8, 4) is 0 Å². The van der Waals surface area contributed by atoms with Gasteiger partial charge in [0.15, 0.2) is 5.78 Å². The van der Waals surface area contributed by atoms with E-state index in [9.17, 15) is 14.7 Å². The minimum absolute atomic E-state index is 0.0399. The minimum atomic E-state index is -1.10. The van der Waals surface area contributed by atoms with Crippen molar-refractivity contribution < 1.29 is 19.4 Å². The zero-order chi connectivity index (χ0) is 14.0. The normalized spacial score (nSPS) is 52.6. The number of carbonyl (C=O) groups excluding carboxylic acids is 2. The maximum Gasteiger partial charge on any atom is 0.309 e. The smallest absolute Gasteiger partial charge is 0.309 e. The monoisotopic (exact) mass is 264 g/mol. The molecule has 0 amide bonds. The Labute approximate surface area is 112 Å². The molecule has 0 aromatic heterocycles. The van der Waals surface area contributed by atoms with Crippen LogP contribution in [-0.2, 0) is 14.3 Å². The van der Waals surface area contributed by atoms with Crippen LogP contribution >= 0.6 is 0 Å². The van der Waals surface area contributed by atoms with Crippen molar-refractivity contribution in [2.24, 2.45) is 23.2 Å². The van der Waals surface area contributed by atoms with Gasteiger partial charge in [-0.15, -0.1) is 0 Å². The van der Waals surface area contributed by atoms with Crippen molar-refractivity contribution in [1.82, 2.24) is 0 Å². The molecule has 1 N–H and O–H groups in total. The summed E-state index contributed by atoms with van der Waals surface area (Å²) in [6, 6.07) is 0. The number of ketones is 1. The van der Waals surface area contributed by atoms with Gasteiger partial charge in [-0.1, -0.05) is 13.8 Å². The van der Waals surface area contributed by atoms with Gasteiger partial charge in [-0.05, 0) is 31.9 Å². The lowest BCUT2D eigenvalue weighted by Crippen LogP contribution is -2.59. The molecule has 2 fully saturated rings. The zero-order valence-electron chi connectivity index (χ0n) is 11.6. The summed E-state index contributed by atoms with van der Waals surface area (Å²) in [4.78, 5) is 24.1. The lowest BCUT2D eigenvalue weighted by Gasteiger charge is -2.52. The average Bonchev–Trinajstić information content (AvgIpc) is 2.60. The summed E-state index contributed by atoms with van der Waals surface area (Å²) in [6.07, 6.45) is 4.21. The van der Waals surface area contributed by atoms with E-state index in [1.807, 2.05) is 13.8 Å². The van der Waals surface area contributed by atoms with Crippen LogP contribution in [0.5, 0.6) is 0 Å². The molecule has 1 aliphatic heterocycles. The van der Waals surface area contributed by atoms with Crippen LogP contribution in [0.1, 0.15) is 33.6 Å². The lowest BCUT2D eigenvalue weighted by molar-refractivity contribution is -0.167. The average molecular weight is 264 g/mol. The molecule has 4 heteroatoms. The van der Waals surface area contributed by atoms with Gasteiger partial charge in [-0.3, -0.25) is 9.59 Å². The Kier molecular flexibility index (Phi) is 2.50. The van der Waals surface area contributed by atoms with Crippen LogP contribution in [0.25, 0.3) is 0 Å². The van der Waals surface area contributed by atoms with E-state index in [0.29, 0.717) is 6.42 Å². The maximum absolute atomic E-state index is 12.3. The standard InChI is InChI=1S/C15H20O4/c1-8-9-4-6-14(2)10(16)5-7-15(3,18)12(14)11(9)19-13(8)17/h5,7-9,11-12,18H,4,6H2,1-3H3/t8-,9-,11-,12-,14-,15-/m0/s1. The molecule has 0 aromatic carbocycles. The third-order valence-electron chi connectivity index (χ3n) is 5.46. The van der Waals surface area contributed by atoms with Crippen LogP contribution in [0.3, 0.4) is 0 Å². The maximum atomic E-state index is 12.3. The molecule has 4 nitrogen and oxygen atoms in total. The van der Waals surface area contributed by atoms with Gasteiger partial charge in [0.25, 0.3) is 0 Å². The highest BCUT2D eigenvalue weighted by Gasteiger charge is 2.62. The first-order valence-electron chi connectivity index (χ1n) is 6.94. The highest BCUT2D eigenvalue weighted by atomic mass is 16.6. The van der Waals surface area contributed by atoms with Gasteiger partial charge < -0.3 is 9.84 Å². The molecule has 19 heavy (non-hydrogen) atoms. The molecule has 2 aliphatic carbocycles. The number of rotatable bonds is 0. The molecule has 6 atom stereocenters. The van der Waals surface area contributed by atoms with E-state index in [1.54, 1.807) is 13.0 Å². The van der Waals surface area contributed by atoms with E-state index in [0.717, 1.165) is 6.42 Å². The van der Waals surface area contributed by atoms with Crippen LogP contribution in [0, 0.1) is 23.2 Å². The molecule has 1 heterocycles. The summed E-state index contributed by atoms with van der Waals surface area (Å²) >= 11 is 0. The van der Waals surface area contributed by atoms with E-state index < -0.39 is 11.0 Å². The van der Waals surface area contributed by atoms with E-state index in [2.05, 4.69) is 0 Å². The number of hydrogen-bond acceptors (Lipinski definition) is 4. The summed E-state index contributed by atoms with van der Waals surface area (Å²) in [5, 5.41) is 10.6.